The molecule has 0 aliphatic carbocycles. The number of pyridine rings is 2. The molecule has 16 heteroatoms. The maximum Gasteiger partial charge on any atom is 0.420 e. The van der Waals surface area contributed by atoms with Crippen LogP contribution < -0.4 is 15.4 Å². The van der Waals surface area contributed by atoms with Gasteiger partial charge >= 0.3 is 12.2 Å². The largest absolute Gasteiger partial charge is 0.512 e. The number of methoxy groups -OCH3 is 1. The van der Waals surface area contributed by atoms with Gasteiger partial charge in [0, 0.05) is 18.0 Å². The molecule has 0 aromatic carbocycles. The molecule has 0 bridgehead atoms. The number of amides is 2. The highest BCUT2D eigenvalue weighted by atomic mass is 19.4. The number of alkyl halides is 3. The van der Waals surface area contributed by atoms with Crippen LogP contribution in [0.4, 0.5) is 29.3 Å². The molecule has 0 saturated heterocycles. The standard InChI is InChI=1S/C18H21B3F3N7O3/c1-9(33-2)14-12(7-25-8-13(14)34-18(19,20)21)30-16(32)29-10-5-11(17(22,23)24)15(26-6-10)31-27-3-4-28-31/h3-9H,19-21H2,1-2H3,(H2,29,30,32)/t9-/m1/s1. The zero-order chi connectivity index (χ0) is 25.1. The molecule has 176 valence electrons. The lowest BCUT2D eigenvalue weighted by atomic mass is 9.52. The third-order valence-electron chi connectivity index (χ3n) is 4.41. The number of hydrogen-bond donors (Lipinski definition) is 2. The van der Waals surface area contributed by atoms with E-state index in [0.29, 0.717) is 11.3 Å². The van der Waals surface area contributed by atoms with E-state index < -0.39 is 35.0 Å². The maximum atomic E-state index is 13.6. The van der Waals surface area contributed by atoms with Crippen LogP contribution in [0.15, 0.2) is 37.1 Å². The Kier molecular flexibility index (Phi) is 7.19. The van der Waals surface area contributed by atoms with Gasteiger partial charge in [0.25, 0.3) is 0 Å². The van der Waals surface area contributed by atoms with E-state index in [2.05, 4.69) is 30.8 Å². The Labute approximate surface area is 195 Å². The lowest BCUT2D eigenvalue weighted by Gasteiger charge is -2.26. The van der Waals surface area contributed by atoms with Gasteiger partial charge in [0.15, 0.2) is 5.82 Å². The summed E-state index contributed by atoms with van der Waals surface area (Å²) < 4.78 is 52.1. The minimum Gasteiger partial charge on any atom is -0.512 e. The third kappa shape index (κ3) is 6.07. The highest BCUT2D eigenvalue weighted by Gasteiger charge is 2.36. The normalized spacial score (nSPS) is 12.7. The van der Waals surface area contributed by atoms with Crippen LogP contribution in [-0.2, 0) is 10.9 Å². The quantitative estimate of drug-likeness (QED) is 0.476. The highest BCUT2D eigenvalue weighted by Crippen LogP contribution is 2.35. The number of halogens is 3. The van der Waals surface area contributed by atoms with Crippen molar-refractivity contribution in [2.45, 2.75) is 24.5 Å². The number of ether oxygens (including phenoxy) is 2. The molecule has 0 fully saturated rings. The zero-order valence-electron chi connectivity index (χ0n) is 19.1. The minimum atomic E-state index is -4.76. The number of nitrogens with zero attached hydrogens (tertiary/aromatic N) is 5. The topological polar surface area (TPSA) is 116 Å². The lowest BCUT2D eigenvalue weighted by molar-refractivity contribution is -0.137. The van der Waals surface area contributed by atoms with E-state index in [4.69, 9.17) is 9.47 Å². The Morgan fingerprint density at radius 1 is 1.12 bits per heavy atom. The fourth-order valence-corrected chi connectivity index (χ4v) is 3.00. The molecule has 3 aromatic rings. The molecular formula is C18H21B3F3N7O3. The van der Waals surface area contributed by atoms with Crippen molar-refractivity contribution in [2.75, 3.05) is 17.7 Å². The number of anilines is 2. The molecule has 2 N–H and O–H groups in total. The van der Waals surface area contributed by atoms with E-state index in [1.165, 1.54) is 31.9 Å². The van der Waals surface area contributed by atoms with Gasteiger partial charge in [-0.05, 0) is 13.0 Å². The summed E-state index contributed by atoms with van der Waals surface area (Å²) in [6.07, 6.45) is 1.19. The van der Waals surface area contributed by atoms with Gasteiger partial charge in [0.1, 0.15) is 34.9 Å². The van der Waals surface area contributed by atoms with Crippen molar-refractivity contribution < 1.29 is 27.4 Å². The fraction of sp³-hybridized carbons (Fsp3) is 0.278. The van der Waals surface area contributed by atoms with Gasteiger partial charge in [-0.25, -0.2) is 9.78 Å². The summed E-state index contributed by atoms with van der Waals surface area (Å²) >= 11 is 0. The SMILES string of the molecule is BC(B)(B)Oc1cncc(NC(=O)Nc2cnc(-n3nccn3)c(C(F)(F)F)c2)c1[C@@H](C)OC. The van der Waals surface area contributed by atoms with Crippen LogP contribution >= 0.6 is 0 Å². The number of carbonyl (C=O) groups is 1. The van der Waals surface area contributed by atoms with Gasteiger partial charge in [0.05, 0.1) is 48.5 Å². The molecule has 2 amide bonds. The van der Waals surface area contributed by atoms with Gasteiger partial charge in [0.2, 0.25) is 0 Å². The van der Waals surface area contributed by atoms with Gasteiger partial charge in [-0.1, -0.05) is 0 Å². The van der Waals surface area contributed by atoms with Crippen molar-refractivity contribution in [1.82, 2.24) is 25.0 Å². The van der Waals surface area contributed by atoms with Crippen molar-refractivity contribution in [3.63, 3.8) is 0 Å². The second-order valence-electron chi connectivity index (χ2n) is 8.18. The van der Waals surface area contributed by atoms with E-state index in [9.17, 15) is 18.0 Å². The van der Waals surface area contributed by atoms with Crippen LogP contribution in [0.1, 0.15) is 24.2 Å². The Morgan fingerprint density at radius 2 is 1.79 bits per heavy atom. The summed E-state index contributed by atoms with van der Waals surface area (Å²) in [4.78, 5) is 21.3. The second kappa shape index (κ2) is 9.75. The van der Waals surface area contributed by atoms with Crippen molar-refractivity contribution in [3.05, 3.63) is 48.2 Å². The van der Waals surface area contributed by atoms with Crippen LogP contribution in [-0.4, -0.2) is 66.9 Å². The summed E-state index contributed by atoms with van der Waals surface area (Å²) in [6, 6.07) is -0.0550. The molecule has 1 atom stereocenters. The van der Waals surface area contributed by atoms with Crippen LogP contribution in [0.25, 0.3) is 5.82 Å². The summed E-state index contributed by atoms with van der Waals surface area (Å²) in [5.74, 6) is -0.118. The van der Waals surface area contributed by atoms with Crippen LogP contribution in [0.3, 0.4) is 0 Å². The molecule has 3 rings (SSSR count). The third-order valence-corrected chi connectivity index (χ3v) is 4.41. The number of nitrogens with one attached hydrogen (secondary N) is 2. The average Bonchev–Trinajstić information content (AvgIpc) is 3.26. The summed E-state index contributed by atoms with van der Waals surface area (Å²) in [5, 5.41) is 11.8. The monoisotopic (exact) mass is 473 g/mol. The zero-order valence-corrected chi connectivity index (χ0v) is 19.1. The second-order valence-corrected chi connectivity index (χ2v) is 8.18. The molecule has 0 radical (unpaired) electrons. The Morgan fingerprint density at radius 3 is 2.38 bits per heavy atom. The molecule has 3 heterocycles. The van der Waals surface area contributed by atoms with E-state index in [1.807, 2.05) is 23.5 Å². The minimum absolute atomic E-state index is 0.183. The molecule has 0 aliphatic heterocycles. The molecule has 34 heavy (non-hydrogen) atoms. The first-order valence-corrected chi connectivity index (χ1v) is 10.1. The Bertz CT molecular complexity index is 1160. The van der Waals surface area contributed by atoms with Crippen molar-refractivity contribution in [1.29, 1.82) is 0 Å². The smallest absolute Gasteiger partial charge is 0.420 e. The maximum absolute atomic E-state index is 13.6. The van der Waals surface area contributed by atoms with E-state index in [-0.39, 0.29) is 11.4 Å². The molecule has 3 aromatic heterocycles. The first kappa shape index (κ1) is 25.1. The first-order valence-electron chi connectivity index (χ1n) is 10.1. The number of aromatic nitrogens is 5. The predicted octanol–water partition coefficient (Wildman–Crippen LogP) is 0.317. The van der Waals surface area contributed by atoms with E-state index in [1.54, 1.807) is 6.92 Å². The van der Waals surface area contributed by atoms with E-state index >= 15 is 0 Å². The molecule has 0 spiro atoms. The predicted molar refractivity (Wildman–Crippen MR) is 125 cm³/mol. The van der Waals surface area contributed by atoms with Crippen molar-refractivity contribution in [3.8, 4) is 11.6 Å². The highest BCUT2D eigenvalue weighted by molar-refractivity contribution is 6.58. The molecule has 10 nitrogen and oxygen atoms in total. The molecule has 0 unspecified atom stereocenters. The number of urea groups is 1. The fourth-order valence-electron chi connectivity index (χ4n) is 3.00. The van der Waals surface area contributed by atoms with E-state index in [0.717, 1.165) is 17.1 Å². The summed E-state index contributed by atoms with van der Waals surface area (Å²) in [5.41, 5.74) is -0.499. The van der Waals surface area contributed by atoms with Crippen molar-refractivity contribution >= 4 is 40.9 Å². The van der Waals surface area contributed by atoms with Crippen molar-refractivity contribution in [2.24, 2.45) is 0 Å². The van der Waals surface area contributed by atoms with Crippen LogP contribution in [0.5, 0.6) is 5.75 Å². The van der Waals surface area contributed by atoms with Crippen LogP contribution in [0.2, 0.25) is 0 Å². The Balaban J connectivity index is 1.88. The number of rotatable bonds is 7. The number of carbonyl (C=O) groups excluding carboxylic acids is 1. The number of hydrogen-bond acceptors (Lipinski definition) is 7. The molecule has 0 saturated carbocycles. The Hall–Kier alpha value is -3.55. The summed E-state index contributed by atoms with van der Waals surface area (Å²) in [7, 11) is 7.06. The average molecular weight is 473 g/mol. The van der Waals surface area contributed by atoms with Crippen LogP contribution in [0, 0.1) is 0 Å². The van der Waals surface area contributed by atoms with Gasteiger partial charge in [-0.2, -0.15) is 23.4 Å². The molecule has 0 aliphatic rings. The summed E-state index contributed by atoms with van der Waals surface area (Å²) in [6.45, 7) is 1.76. The first-order chi connectivity index (χ1) is 15.9. The van der Waals surface area contributed by atoms with Gasteiger partial charge < -0.3 is 20.1 Å². The van der Waals surface area contributed by atoms with Gasteiger partial charge in [-0.3, -0.25) is 4.98 Å². The van der Waals surface area contributed by atoms with Gasteiger partial charge in [-0.15, -0.1) is 4.80 Å². The lowest BCUT2D eigenvalue weighted by Crippen LogP contribution is -2.38. The molecular weight excluding hydrogens is 452 g/mol.